The molecule has 0 bridgehead atoms. The number of benzene rings is 1. The lowest BCUT2D eigenvalue weighted by Gasteiger charge is -2.22. The van der Waals surface area contributed by atoms with Crippen molar-refractivity contribution in [2.24, 2.45) is 0 Å². The standard InChI is InChI=1S/C24H23N5O/c30-24-22-18(10-11-27-24)12-21(19-13-25-15-26-14-19)29-23(22)28-20-8-6-17(7-9-20)16-4-2-1-3-5-16/h6-16H,1-5H2,(H,27,30)(H,28,29). The molecule has 0 aliphatic heterocycles. The van der Waals surface area contributed by atoms with Gasteiger partial charge in [0.05, 0.1) is 11.1 Å². The number of rotatable bonds is 4. The van der Waals surface area contributed by atoms with Gasteiger partial charge in [-0.2, -0.15) is 0 Å². The summed E-state index contributed by atoms with van der Waals surface area (Å²) in [7, 11) is 0. The van der Waals surface area contributed by atoms with Crippen molar-refractivity contribution in [2.45, 2.75) is 38.0 Å². The Balaban J connectivity index is 1.52. The minimum Gasteiger partial charge on any atom is -0.340 e. The van der Waals surface area contributed by atoms with Crippen LogP contribution in [0.15, 0.2) is 66.1 Å². The molecule has 6 heteroatoms. The van der Waals surface area contributed by atoms with E-state index in [1.807, 2.05) is 12.1 Å². The van der Waals surface area contributed by atoms with Crippen molar-refractivity contribution in [2.75, 3.05) is 5.32 Å². The van der Waals surface area contributed by atoms with E-state index in [4.69, 9.17) is 4.98 Å². The molecule has 3 aromatic heterocycles. The largest absolute Gasteiger partial charge is 0.340 e. The zero-order valence-corrected chi connectivity index (χ0v) is 16.6. The van der Waals surface area contributed by atoms with E-state index in [-0.39, 0.29) is 5.56 Å². The van der Waals surface area contributed by atoms with E-state index in [1.165, 1.54) is 44.0 Å². The molecule has 1 saturated carbocycles. The van der Waals surface area contributed by atoms with Crippen LogP contribution in [-0.4, -0.2) is 19.9 Å². The van der Waals surface area contributed by atoms with E-state index in [2.05, 4.69) is 44.5 Å². The summed E-state index contributed by atoms with van der Waals surface area (Å²) in [4.78, 5) is 28.2. The van der Waals surface area contributed by atoms with E-state index >= 15 is 0 Å². The number of nitrogens with zero attached hydrogens (tertiary/aromatic N) is 3. The van der Waals surface area contributed by atoms with Crippen molar-refractivity contribution < 1.29 is 0 Å². The lowest BCUT2D eigenvalue weighted by Crippen LogP contribution is -2.09. The molecule has 3 heterocycles. The van der Waals surface area contributed by atoms with Gasteiger partial charge < -0.3 is 10.3 Å². The van der Waals surface area contributed by atoms with Crippen molar-refractivity contribution in [1.29, 1.82) is 0 Å². The second-order valence-electron chi connectivity index (χ2n) is 7.84. The van der Waals surface area contributed by atoms with Gasteiger partial charge in [0.15, 0.2) is 0 Å². The van der Waals surface area contributed by atoms with Gasteiger partial charge >= 0.3 is 0 Å². The number of H-pyrrole nitrogens is 1. The highest BCUT2D eigenvalue weighted by molar-refractivity contribution is 5.95. The fourth-order valence-corrected chi connectivity index (χ4v) is 4.30. The molecule has 1 aromatic carbocycles. The average Bonchev–Trinajstić information content (AvgIpc) is 2.81. The number of hydrogen-bond donors (Lipinski definition) is 2. The number of fused-ring (bicyclic) bond motifs is 1. The highest BCUT2D eigenvalue weighted by Gasteiger charge is 2.16. The second-order valence-corrected chi connectivity index (χ2v) is 7.84. The molecular formula is C24H23N5O. The molecule has 6 nitrogen and oxygen atoms in total. The molecular weight excluding hydrogens is 374 g/mol. The normalized spacial score (nSPS) is 14.7. The van der Waals surface area contributed by atoms with Crippen LogP contribution in [0.1, 0.15) is 43.6 Å². The number of hydrogen-bond acceptors (Lipinski definition) is 5. The van der Waals surface area contributed by atoms with Crippen LogP contribution in [0.25, 0.3) is 22.0 Å². The predicted octanol–water partition coefficient (Wildman–Crippen LogP) is 5.17. The lowest BCUT2D eigenvalue weighted by atomic mass is 9.84. The van der Waals surface area contributed by atoms with Crippen molar-refractivity contribution in [3.8, 4) is 11.3 Å². The first-order valence-electron chi connectivity index (χ1n) is 10.4. The van der Waals surface area contributed by atoms with Crippen LogP contribution in [-0.2, 0) is 0 Å². The fraction of sp³-hybridized carbons (Fsp3) is 0.250. The van der Waals surface area contributed by atoms with Crippen LogP contribution in [0.2, 0.25) is 0 Å². The van der Waals surface area contributed by atoms with Crippen molar-refractivity contribution in [3.63, 3.8) is 0 Å². The molecule has 30 heavy (non-hydrogen) atoms. The van der Waals surface area contributed by atoms with Gasteiger partial charge in [-0.3, -0.25) is 4.79 Å². The number of aromatic amines is 1. The Morgan fingerprint density at radius 3 is 2.50 bits per heavy atom. The monoisotopic (exact) mass is 397 g/mol. The quantitative estimate of drug-likeness (QED) is 0.496. The third-order valence-corrected chi connectivity index (χ3v) is 5.86. The van der Waals surface area contributed by atoms with Gasteiger partial charge in [0.1, 0.15) is 12.1 Å². The number of anilines is 2. The third kappa shape index (κ3) is 3.68. The summed E-state index contributed by atoms with van der Waals surface area (Å²) in [5.41, 5.74) is 3.65. The van der Waals surface area contributed by atoms with Crippen LogP contribution < -0.4 is 10.9 Å². The Morgan fingerprint density at radius 1 is 0.967 bits per heavy atom. The Labute approximate surface area is 174 Å². The fourth-order valence-electron chi connectivity index (χ4n) is 4.30. The molecule has 0 unspecified atom stereocenters. The van der Waals surface area contributed by atoms with Crippen molar-refractivity contribution in [1.82, 2.24) is 19.9 Å². The molecule has 0 spiro atoms. The molecule has 150 valence electrons. The Hall–Kier alpha value is -3.54. The maximum absolute atomic E-state index is 12.5. The van der Waals surface area contributed by atoms with E-state index in [9.17, 15) is 4.79 Å². The van der Waals surface area contributed by atoms with E-state index in [0.717, 1.165) is 22.3 Å². The lowest BCUT2D eigenvalue weighted by molar-refractivity contribution is 0.443. The van der Waals surface area contributed by atoms with Crippen LogP contribution in [0.5, 0.6) is 0 Å². The molecule has 0 saturated heterocycles. The van der Waals surface area contributed by atoms with Crippen LogP contribution in [0.3, 0.4) is 0 Å². The third-order valence-electron chi connectivity index (χ3n) is 5.86. The summed E-state index contributed by atoms with van der Waals surface area (Å²) < 4.78 is 0. The molecule has 1 aliphatic rings. The highest BCUT2D eigenvalue weighted by atomic mass is 16.1. The molecule has 1 fully saturated rings. The van der Waals surface area contributed by atoms with Gasteiger partial charge in [-0.15, -0.1) is 0 Å². The average molecular weight is 397 g/mol. The highest BCUT2D eigenvalue weighted by Crippen LogP contribution is 2.33. The minimum absolute atomic E-state index is 0.169. The topological polar surface area (TPSA) is 83.6 Å². The number of aromatic nitrogens is 4. The summed E-state index contributed by atoms with van der Waals surface area (Å²) in [6, 6.07) is 12.3. The van der Waals surface area contributed by atoms with Crippen molar-refractivity contribution in [3.05, 3.63) is 77.2 Å². The predicted molar refractivity (Wildman–Crippen MR) is 119 cm³/mol. The van der Waals surface area contributed by atoms with Crippen LogP contribution in [0.4, 0.5) is 11.5 Å². The van der Waals surface area contributed by atoms with E-state index < -0.39 is 0 Å². The van der Waals surface area contributed by atoms with Gasteiger partial charge in [0, 0.05) is 29.8 Å². The second kappa shape index (κ2) is 8.06. The summed E-state index contributed by atoms with van der Waals surface area (Å²) in [5, 5.41) is 4.71. The Kier molecular flexibility index (Phi) is 4.97. The Morgan fingerprint density at radius 2 is 1.73 bits per heavy atom. The molecule has 0 amide bonds. The maximum atomic E-state index is 12.5. The molecule has 4 aromatic rings. The molecule has 0 radical (unpaired) electrons. The van der Waals surface area contributed by atoms with Gasteiger partial charge in [-0.1, -0.05) is 31.4 Å². The first-order valence-corrected chi connectivity index (χ1v) is 10.4. The van der Waals surface area contributed by atoms with Gasteiger partial charge in [-0.25, -0.2) is 15.0 Å². The zero-order valence-electron chi connectivity index (χ0n) is 16.6. The first kappa shape index (κ1) is 18.5. The van der Waals surface area contributed by atoms with Gasteiger partial charge in [0.25, 0.3) is 5.56 Å². The summed E-state index contributed by atoms with van der Waals surface area (Å²) >= 11 is 0. The van der Waals surface area contributed by atoms with Crippen molar-refractivity contribution >= 4 is 22.3 Å². The van der Waals surface area contributed by atoms with E-state index in [1.54, 1.807) is 18.6 Å². The van der Waals surface area contributed by atoms with Crippen LogP contribution in [0, 0.1) is 0 Å². The molecule has 5 rings (SSSR count). The molecule has 0 atom stereocenters. The van der Waals surface area contributed by atoms with Crippen LogP contribution >= 0.6 is 0 Å². The maximum Gasteiger partial charge on any atom is 0.259 e. The number of nitrogens with one attached hydrogen (secondary N) is 2. The minimum atomic E-state index is -0.169. The molecule has 1 aliphatic carbocycles. The number of pyridine rings is 2. The van der Waals surface area contributed by atoms with Gasteiger partial charge in [0.2, 0.25) is 0 Å². The van der Waals surface area contributed by atoms with E-state index in [0.29, 0.717) is 17.1 Å². The summed E-state index contributed by atoms with van der Waals surface area (Å²) in [5.74, 6) is 1.19. The summed E-state index contributed by atoms with van der Waals surface area (Å²) in [6.45, 7) is 0. The summed E-state index contributed by atoms with van der Waals surface area (Å²) in [6.07, 6.45) is 13.1. The Bertz CT molecular complexity index is 1210. The zero-order chi connectivity index (χ0) is 20.3. The SMILES string of the molecule is O=c1[nH]ccc2cc(-c3cncnc3)nc(Nc3ccc(C4CCCCC4)cc3)c12. The van der Waals surface area contributed by atoms with Gasteiger partial charge in [-0.05, 0) is 54.0 Å². The first-order chi connectivity index (χ1) is 14.8. The smallest absolute Gasteiger partial charge is 0.259 e. The molecule has 2 N–H and O–H groups in total.